The summed E-state index contributed by atoms with van der Waals surface area (Å²) in [5.41, 5.74) is -0.0367. The standard InChI is InChI=1S/C15H20FN3O2/c1-18-7-4-8-19(10-9-18)14(20)11-17-15(21)12-5-2-3-6-13(12)16/h2-3,5-6H,4,7-11H2,1H3,(H,17,21)/p+1. The van der Waals surface area contributed by atoms with E-state index >= 15 is 0 Å². The van der Waals surface area contributed by atoms with Crippen molar-refractivity contribution in [3.63, 3.8) is 0 Å². The summed E-state index contributed by atoms with van der Waals surface area (Å²) in [7, 11) is 2.11. The summed E-state index contributed by atoms with van der Waals surface area (Å²) in [6.07, 6.45) is 0.957. The third-order valence-electron chi connectivity index (χ3n) is 3.71. The molecule has 0 bridgehead atoms. The number of hydrogen-bond acceptors (Lipinski definition) is 2. The van der Waals surface area contributed by atoms with Gasteiger partial charge in [-0.3, -0.25) is 9.59 Å². The third kappa shape index (κ3) is 4.26. The van der Waals surface area contributed by atoms with Gasteiger partial charge in [0.05, 0.1) is 38.8 Å². The molecule has 1 atom stereocenters. The summed E-state index contributed by atoms with van der Waals surface area (Å²) in [6.45, 7) is 3.27. The molecule has 1 unspecified atom stereocenters. The molecule has 2 N–H and O–H groups in total. The van der Waals surface area contributed by atoms with Crippen molar-refractivity contribution < 1.29 is 18.9 Å². The fourth-order valence-electron chi connectivity index (χ4n) is 2.39. The van der Waals surface area contributed by atoms with Crippen LogP contribution in [0, 0.1) is 5.82 Å². The van der Waals surface area contributed by atoms with Crippen LogP contribution in [0.15, 0.2) is 24.3 Å². The molecule has 0 aromatic heterocycles. The molecule has 1 saturated heterocycles. The first-order valence-electron chi connectivity index (χ1n) is 7.19. The van der Waals surface area contributed by atoms with Crippen molar-refractivity contribution in [2.75, 3.05) is 39.8 Å². The van der Waals surface area contributed by atoms with E-state index in [0.717, 1.165) is 19.5 Å². The number of benzene rings is 1. The number of amides is 2. The zero-order chi connectivity index (χ0) is 15.2. The molecule has 1 aliphatic heterocycles. The largest absolute Gasteiger partial charge is 0.343 e. The van der Waals surface area contributed by atoms with Crippen LogP contribution in [-0.2, 0) is 4.79 Å². The fraction of sp³-hybridized carbons (Fsp3) is 0.467. The molecule has 2 amide bonds. The van der Waals surface area contributed by atoms with E-state index in [9.17, 15) is 14.0 Å². The van der Waals surface area contributed by atoms with Gasteiger partial charge in [0.2, 0.25) is 5.91 Å². The molecule has 1 aromatic rings. The van der Waals surface area contributed by atoms with Gasteiger partial charge < -0.3 is 15.1 Å². The Balaban J connectivity index is 1.86. The van der Waals surface area contributed by atoms with Gasteiger partial charge in [-0.2, -0.15) is 0 Å². The summed E-state index contributed by atoms with van der Waals surface area (Å²) >= 11 is 0. The predicted octanol–water partition coefficient (Wildman–Crippen LogP) is -0.697. The van der Waals surface area contributed by atoms with Gasteiger partial charge in [-0.15, -0.1) is 0 Å². The van der Waals surface area contributed by atoms with Gasteiger partial charge in [0, 0.05) is 13.0 Å². The van der Waals surface area contributed by atoms with Gasteiger partial charge in [-0.1, -0.05) is 12.1 Å². The van der Waals surface area contributed by atoms with E-state index in [4.69, 9.17) is 0 Å². The molecule has 21 heavy (non-hydrogen) atoms. The summed E-state index contributed by atoms with van der Waals surface area (Å²) in [5.74, 6) is -1.25. The Bertz CT molecular complexity index is 521. The van der Waals surface area contributed by atoms with Crippen molar-refractivity contribution in [3.05, 3.63) is 35.6 Å². The van der Waals surface area contributed by atoms with Gasteiger partial charge in [-0.05, 0) is 12.1 Å². The molecule has 0 aliphatic carbocycles. The maximum Gasteiger partial charge on any atom is 0.254 e. The number of quaternary nitrogens is 1. The lowest BCUT2D eigenvalue weighted by Gasteiger charge is -2.19. The van der Waals surface area contributed by atoms with E-state index in [0.29, 0.717) is 13.1 Å². The van der Waals surface area contributed by atoms with Crippen LogP contribution in [-0.4, -0.2) is 56.5 Å². The molecule has 0 spiro atoms. The first-order valence-corrected chi connectivity index (χ1v) is 7.19. The van der Waals surface area contributed by atoms with Crippen LogP contribution in [0.25, 0.3) is 0 Å². The first kappa shape index (κ1) is 15.4. The van der Waals surface area contributed by atoms with Gasteiger partial charge in [-0.25, -0.2) is 4.39 Å². The van der Waals surface area contributed by atoms with E-state index in [-0.39, 0.29) is 18.0 Å². The molecule has 2 rings (SSSR count). The predicted molar refractivity (Wildman–Crippen MR) is 76.6 cm³/mol. The van der Waals surface area contributed by atoms with E-state index in [1.54, 1.807) is 11.0 Å². The highest BCUT2D eigenvalue weighted by Crippen LogP contribution is 2.05. The van der Waals surface area contributed by atoms with Crippen LogP contribution in [0.5, 0.6) is 0 Å². The molecular weight excluding hydrogens is 273 g/mol. The molecule has 5 nitrogen and oxygen atoms in total. The lowest BCUT2D eigenvalue weighted by atomic mass is 10.2. The monoisotopic (exact) mass is 294 g/mol. The molecule has 114 valence electrons. The number of rotatable bonds is 3. The maximum absolute atomic E-state index is 13.5. The number of halogens is 1. The fourth-order valence-corrected chi connectivity index (χ4v) is 2.39. The minimum Gasteiger partial charge on any atom is -0.343 e. The number of carbonyl (C=O) groups is 2. The number of carbonyl (C=O) groups excluding carboxylic acids is 2. The quantitative estimate of drug-likeness (QED) is 0.775. The lowest BCUT2D eigenvalue weighted by molar-refractivity contribution is -0.877. The van der Waals surface area contributed by atoms with Crippen molar-refractivity contribution in [1.29, 1.82) is 0 Å². The normalized spacial score (nSPS) is 19.0. The molecule has 0 saturated carbocycles. The Kier molecular flexibility index (Phi) is 5.27. The van der Waals surface area contributed by atoms with E-state index in [1.807, 2.05) is 0 Å². The van der Waals surface area contributed by atoms with Gasteiger partial charge in [0.25, 0.3) is 5.91 Å². The third-order valence-corrected chi connectivity index (χ3v) is 3.71. The maximum atomic E-state index is 13.5. The summed E-state index contributed by atoms with van der Waals surface area (Å²) in [5, 5.41) is 2.49. The molecule has 1 heterocycles. The molecule has 1 fully saturated rings. The van der Waals surface area contributed by atoms with Crippen molar-refractivity contribution in [2.24, 2.45) is 0 Å². The molecule has 0 radical (unpaired) electrons. The van der Waals surface area contributed by atoms with Gasteiger partial charge in [0.1, 0.15) is 5.82 Å². The Hall–Kier alpha value is -1.95. The smallest absolute Gasteiger partial charge is 0.254 e. The van der Waals surface area contributed by atoms with E-state index < -0.39 is 11.7 Å². The van der Waals surface area contributed by atoms with Gasteiger partial charge >= 0.3 is 0 Å². The van der Waals surface area contributed by atoms with Crippen molar-refractivity contribution in [2.45, 2.75) is 6.42 Å². The highest BCUT2D eigenvalue weighted by Gasteiger charge is 2.20. The van der Waals surface area contributed by atoms with Crippen LogP contribution in [0.2, 0.25) is 0 Å². The summed E-state index contributed by atoms with van der Waals surface area (Å²) in [4.78, 5) is 27.1. The SMILES string of the molecule is C[NH+]1CCCN(C(=O)CNC(=O)c2ccccc2F)CC1. The zero-order valence-electron chi connectivity index (χ0n) is 12.2. The molecule has 1 aliphatic rings. The second kappa shape index (κ2) is 7.17. The second-order valence-electron chi connectivity index (χ2n) is 5.35. The Labute approximate surface area is 123 Å². The van der Waals surface area contributed by atoms with Crippen LogP contribution in [0.4, 0.5) is 4.39 Å². The van der Waals surface area contributed by atoms with Crippen molar-refractivity contribution >= 4 is 11.8 Å². The number of likely N-dealkylation sites (N-methyl/N-ethyl adjacent to an activating group) is 1. The van der Waals surface area contributed by atoms with E-state index in [2.05, 4.69) is 12.4 Å². The number of nitrogens with one attached hydrogen (secondary N) is 2. The number of nitrogens with zero attached hydrogens (tertiary/aromatic N) is 1. The number of hydrogen-bond donors (Lipinski definition) is 2. The van der Waals surface area contributed by atoms with E-state index in [1.165, 1.54) is 23.1 Å². The zero-order valence-corrected chi connectivity index (χ0v) is 12.2. The molecule has 1 aromatic carbocycles. The van der Waals surface area contributed by atoms with Crippen LogP contribution >= 0.6 is 0 Å². The van der Waals surface area contributed by atoms with Gasteiger partial charge in [0.15, 0.2) is 0 Å². The topological polar surface area (TPSA) is 53.9 Å². The summed E-state index contributed by atoms with van der Waals surface area (Å²) in [6, 6.07) is 5.74. The average molecular weight is 294 g/mol. The second-order valence-corrected chi connectivity index (χ2v) is 5.35. The van der Waals surface area contributed by atoms with Crippen LogP contribution in [0.3, 0.4) is 0 Å². The summed E-state index contributed by atoms with van der Waals surface area (Å²) < 4.78 is 13.5. The average Bonchev–Trinajstić information content (AvgIpc) is 2.69. The molecule has 6 heteroatoms. The van der Waals surface area contributed by atoms with Crippen molar-refractivity contribution in [3.8, 4) is 0 Å². The van der Waals surface area contributed by atoms with Crippen molar-refractivity contribution in [1.82, 2.24) is 10.2 Å². The van der Waals surface area contributed by atoms with Crippen LogP contribution in [0.1, 0.15) is 16.8 Å². The first-order chi connectivity index (χ1) is 10.1. The molecular formula is C15H21FN3O2+. The Morgan fingerprint density at radius 2 is 2.05 bits per heavy atom. The Morgan fingerprint density at radius 1 is 1.29 bits per heavy atom. The minimum atomic E-state index is -0.581. The minimum absolute atomic E-state index is 0.0367. The lowest BCUT2D eigenvalue weighted by Crippen LogP contribution is -3.09. The highest BCUT2D eigenvalue weighted by atomic mass is 19.1. The van der Waals surface area contributed by atoms with Crippen LogP contribution < -0.4 is 10.2 Å². The Morgan fingerprint density at radius 3 is 2.81 bits per heavy atom. The highest BCUT2D eigenvalue weighted by molar-refractivity contribution is 5.96.